The summed E-state index contributed by atoms with van der Waals surface area (Å²) < 4.78 is 2.34. The van der Waals surface area contributed by atoms with Gasteiger partial charge in [-0.25, -0.2) is 9.78 Å². The highest BCUT2D eigenvalue weighted by atomic mass is 35.5. The van der Waals surface area contributed by atoms with Gasteiger partial charge in [0.25, 0.3) is 0 Å². The Morgan fingerprint density at radius 3 is 2.69 bits per heavy atom. The summed E-state index contributed by atoms with van der Waals surface area (Å²) in [6.07, 6.45) is 0. The molecule has 9 heteroatoms. The Balaban J connectivity index is 1.45. The van der Waals surface area contributed by atoms with Crippen LogP contribution in [0, 0.1) is 13.8 Å². The van der Waals surface area contributed by atoms with Gasteiger partial charge in [0.2, 0.25) is 0 Å². The van der Waals surface area contributed by atoms with Crippen LogP contribution in [0.3, 0.4) is 0 Å². The van der Waals surface area contributed by atoms with E-state index in [0.29, 0.717) is 15.2 Å². The molecular formula is C20H19ClN6OS. The Morgan fingerprint density at radius 2 is 1.93 bits per heavy atom. The molecule has 4 aromatic rings. The molecule has 3 N–H and O–H groups in total. The molecule has 3 heterocycles. The summed E-state index contributed by atoms with van der Waals surface area (Å²) in [5.41, 5.74) is 10.0. The zero-order valence-corrected chi connectivity index (χ0v) is 17.6. The fourth-order valence-electron chi connectivity index (χ4n) is 3.23. The maximum Gasteiger partial charge on any atom is 0.338 e. The fraction of sp³-hybridized carbons (Fsp3) is 0.150. The predicted octanol–water partition coefficient (Wildman–Crippen LogP) is 5.12. The van der Waals surface area contributed by atoms with Crippen LogP contribution in [0.5, 0.6) is 0 Å². The van der Waals surface area contributed by atoms with Gasteiger partial charge in [-0.2, -0.15) is 5.10 Å². The fourth-order valence-corrected chi connectivity index (χ4v) is 4.45. The number of halogens is 1. The summed E-state index contributed by atoms with van der Waals surface area (Å²) in [7, 11) is 1.84. The van der Waals surface area contributed by atoms with Gasteiger partial charge in [-0.15, -0.1) is 11.3 Å². The van der Waals surface area contributed by atoms with Gasteiger partial charge in [0.1, 0.15) is 10.2 Å². The summed E-state index contributed by atoms with van der Waals surface area (Å²) in [6, 6.07) is 13.1. The van der Waals surface area contributed by atoms with Crippen LogP contribution in [-0.2, 0) is 7.05 Å². The number of benzene rings is 1. The summed E-state index contributed by atoms with van der Waals surface area (Å²) in [6.45, 7) is 3.94. The van der Waals surface area contributed by atoms with E-state index in [1.165, 1.54) is 11.3 Å². The molecule has 2 amide bonds. The Kier molecular flexibility index (Phi) is 5.12. The molecule has 0 saturated heterocycles. The van der Waals surface area contributed by atoms with Crippen molar-refractivity contribution in [3.05, 3.63) is 58.1 Å². The van der Waals surface area contributed by atoms with Crippen molar-refractivity contribution in [2.75, 3.05) is 10.7 Å². The number of hydrogen-bond acceptors (Lipinski definition) is 5. The van der Waals surface area contributed by atoms with Gasteiger partial charge < -0.3 is 0 Å². The number of carbonyl (C=O) groups excluding carboxylic acids is 1. The van der Waals surface area contributed by atoms with Crippen molar-refractivity contribution < 1.29 is 4.79 Å². The molecular weight excluding hydrogens is 408 g/mol. The molecule has 1 aromatic carbocycles. The quantitative estimate of drug-likeness (QED) is 0.395. The molecule has 4 rings (SSSR count). The van der Waals surface area contributed by atoms with Crippen molar-refractivity contribution >= 4 is 50.8 Å². The van der Waals surface area contributed by atoms with E-state index in [2.05, 4.69) is 26.3 Å². The molecule has 0 fully saturated rings. The second-order valence-corrected chi connectivity index (χ2v) is 8.25. The van der Waals surface area contributed by atoms with Crippen molar-refractivity contribution in [2.45, 2.75) is 13.8 Å². The largest absolute Gasteiger partial charge is 0.338 e. The van der Waals surface area contributed by atoms with Crippen LogP contribution in [0.2, 0.25) is 4.34 Å². The molecule has 3 aromatic heterocycles. The van der Waals surface area contributed by atoms with Crippen molar-refractivity contribution in [3.63, 3.8) is 0 Å². The highest BCUT2D eigenvalue weighted by Crippen LogP contribution is 2.38. The summed E-state index contributed by atoms with van der Waals surface area (Å²) >= 11 is 7.65. The van der Waals surface area contributed by atoms with Crippen LogP contribution >= 0.6 is 22.9 Å². The van der Waals surface area contributed by atoms with Gasteiger partial charge >= 0.3 is 6.03 Å². The van der Waals surface area contributed by atoms with Crippen LogP contribution in [-0.4, -0.2) is 20.8 Å². The van der Waals surface area contributed by atoms with Crippen molar-refractivity contribution in [1.82, 2.24) is 20.2 Å². The van der Waals surface area contributed by atoms with E-state index in [4.69, 9.17) is 11.6 Å². The molecule has 0 aliphatic carbocycles. The predicted molar refractivity (Wildman–Crippen MR) is 119 cm³/mol. The van der Waals surface area contributed by atoms with Crippen molar-refractivity contribution in [2.24, 2.45) is 7.05 Å². The second kappa shape index (κ2) is 7.73. The number of urea groups is 1. The third-order valence-corrected chi connectivity index (χ3v) is 5.75. The lowest BCUT2D eigenvalue weighted by Gasteiger charge is -2.09. The van der Waals surface area contributed by atoms with E-state index < -0.39 is 6.03 Å². The average Bonchev–Trinajstić information content (AvgIpc) is 3.20. The number of hydrazine groups is 1. The zero-order valence-electron chi connectivity index (χ0n) is 16.1. The van der Waals surface area contributed by atoms with Gasteiger partial charge in [0, 0.05) is 18.0 Å². The molecule has 0 radical (unpaired) electrons. The number of thiophene rings is 1. The lowest BCUT2D eigenvalue weighted by Crippen LogP contribution is -2.33. The first kappa shape index (κ1) is 19.2. The highest BCUT2D eigenvalue weighted by Gasteiger charge is 2.13. The summed E-state index contributed by atoms with van der Waals surface area (Å²) in [5.74, 6) is 0.530. The Hall–Kier alpha value is -3.10. The number of aryl methyl sites for hydroxylation is 3. The van der Waals surface area contributed by atoms with Gasteiger partial charge in [-0.3, -0.25) is 20.9 Å². The minimum absolute atomic E-state index is 0.414. The minimum Gasteiger partial charge on any atom is -0.298 e. The number of amides is 2. The van der Waals surface area contributed by atoms with E-state index in [0.717, 1.165) is 33.4 Å². The number of anilines is 2. The first-order valence-corrected chi connectivity index (χ1v) is 10.1. The standard InChI is InChI=1S/C20H19ClN6OS/c1-11-9-15(22-19-17(11)12(2)26-27(19)3)24-25-20(28)23-16-10-14(18(21)29-16)13-7-5-4-6-8-13/h4-10H,1-3H3,(H,22,24)(H2,23,25,28). The number of aromatic nitrogens is 3. The smallest absolute Gasteiger partial charge is 0.298 e. The van der Waals surface area contributed by atoms with Gasteiger partial charge in [0.15, 0.2) is 5.65 Å². The summed E-state index contributed by atoms with van der Waals surface area (Å²) in [5, 5.41) is 8.85. The SMILES string of the molecule is Cc1cc(NNC(=O)Nc2cc(-c3ccccc3)c(Cl)s2)nc2c1c(C)nn2C. The number of hydrogen-bond donors (Lipinski definition) is 3. The lowest BCUT2D eigenvalue weighted by molar-refractivity contribution is 0.254. The highest BCUT2D eigenvalue weighted by molar-refractivity contribution is 7.20. The molecule has 0 aliphatic heterocycles. The lowest BCUT2D eigenvalue weighted by atomic mass is 10.1. The van der Waals surface area contributed by atoms with E-state index >= 15 is 0 Å². The molecule has 0 atom stereocenters. The molecule has 0 bridgehead atoms. The third-order valence-electron chi connectivity index (χ3n) is 4.48. The maximum absolute atomic E-state index is 12.3. The third kappa shape index (κ3) is 3.90. The molecule has 0 unspecified atom stereocenters. The molecule has 7 nitrogen and oxygen atoms in total. The maximum atomic E-state index is 12.3. The van der Waals surface area contributed by atoms with Crippen LogP contribution in [0.4, 0.5) is 15.6 Å². The first-order valence-electron chi connectivity index (χ1n) is 8.91. The number of pyridine rings is 1. The number of nitrogens with one attached hydrogen (secondary N) is 3. The van der Waals surface area contributed by atoms with Crippen molar-refractivity contribution in [1.29, 1.82) is 0 Å². The Bertz CT molecular complexity index is 1200. The number of nitrogens with zero attached hydrogens (tertiary/aromatic N) is 3. The average molecular weight is 427 g/mol. The molecule has 0 aliphatic rings. The monoisotopic (exact) mass is 426 g/mol. The topological polar surface area (TPSA) is 83.9 Å². The molecule has 29 heavy (non-hydrogen) atoms. The van der Waals surface area contributed by atoms with Crippen LogP contribution in [0.25, 0.3) is 22.2 Å². The van der Waals surface area contributed by atoms with Crippen LogP contribution in [0.1, 0.15) is 11.3 Å². The van der Waals surface area contributed by atoms with Crippen LogP contribution < -0.4 is 16.2 Å². The van der Waals surface area contributed by atoms with E-state index in [1.54, 1.807) is 4.68 Å². The number of fused-ring (bicyclic) bond motifs is 1. The minimum atomic E-state index is -0.414. The van der Waals surface area contributed by atoms with Crippen LogP contribution in [0.15, 0.2) is 42.5 Å². The Morgan fingerprint density at radius 1 is 1.17 bits per heavy atom. The molecule has 148 valence electrons. The van der Waals surface area contributed by atoms with E-state index in [1.807, 2.05) is 63.4 Å². The molecule has 0 saturated carbocycles. The van der Waals surface area contributed by atoms with Gasteiger partial charge in [-0.05, 0) is 37.1 Å². The van der Waals surface area contributed by atoms with Gasteiger partial charge in [0.05, 0.1) is 10.7 Å². The zero-order chi connectivity index (χ0) is 20.5. The summed E-state index contributed by atoms with van der Waals surface area (Å²) in [4.78, 5) is 16.8. The van der Waals surface area contributed by atoms with Gasteiger partial charge in [-0.1, -0.05) is 41.9 Å². The number of carbonyl (C=O) groups is 1. The first-order chi connectivity index (χ1) is 13.9. The Labute approximate surface area is 176 Å². The second-order valence-electron chi connectivity index (χ2n) is 6.60. The van der Waals surface area contributed by atoms with E-state index in [9.17, 15) is 4.79 Å². The number of rotatable bonds is 4. The normalized spacial score (nSPS) is 10.9. The molecule has 0 spiro atoms. The van der Waals surface area contributed by atoms with E-state index in [-0.39, 0.29) is 0 Å². The van der Waals surface area contributed by atoms with Crippen molar-refractivity contribution in [3.8, 4) is 11.1 Å².